The van der Waals surface area contributed by atoms with Gasteiger partial charge in [-0.2, -0.15) is 0 Å². The lowest BCUT2D eigenvalue weighted by Gasteiger charge is -2.28. The topological polar surface area (TPSA) is 15.3 Å². The van der Waals surface area contributed by atoms with E-state index in [0.29, 0.717) is 6.04 Å². The maximum atomic E-state index is 6.34. The van der Waals surface area contributed by atoms with Crippen molar-refractivity contribution in [3.63, 3.8) is 0 Å². The highest BCUT2D eigenvalue weighted by Gasteiger charge is 2.19. The fourth-order valence-electron chi connectivity index (χ4n) is 3.13. The molecule has 110 valence electrons. The molecule has 21 heavy (non-hydrogen) atoms. The van der Waals surface area contributed by atoms with Gasteiger partial charge in [0.25, 0.3) is 0 Å². The fourth-order valence-corrected chi connectivity index (χ4v) is 3.47. The number of benzene rings is 2. The lowest BCUT2D eigenvalue weighted by atomic mass is 9.88. The molecule has 0 fully saturated rings. The Labute approximate surface area is 131 Å². The quantitative estimate of drug-likeness (QED) is 0.905. The van der Waals surface area contributed by atoms with Crippen LogP contribution < -0.4 is 10.2 Å². The zero-order valence-electron chi connectivity index (χ0n) is 12.6. The molecule has 0 aromatic heterocycles. The minimum atomic E-state index is 0.470. The van der Waals surface area contributed by atoms with Crippen molar-refractivity contribution < 1.29 is 0 Å². The van der Waals surface area contributed by atoms with Crippen LogP contribution in [0.4, 0.5) is 11.4 Å². The molecule has 0 amide bonds. The first-order valence-corrected chi connectivity index (χ1v) is 7.82. The number of nitrogens with zero attached hydrogens (tertiary/aromatic N) is 1. The van der Waals surface area contributed by atoms with Crippen LogP contribution in [0.3, 0.4) is 0 Å². The second-order valence-electron chi connectivity index (χ2n) is 5.88. The summed E-state index contributed by atoms with van der Waals surface area (Å²) < 4.78 is 0. The highest BCUT2D eigenvalue weighted by atomic mass is 35.5. The summed E-state index contributed by atoms with van der Waals surface area (Å²) in [6, 6.07) is 15.3. The summed E-state index contributed by atoms with van der Waals surface area (Å²) in [5, 5.41) is 4.48. The van der Waals surface area contributed by atoms with Crippen LogP contribution in [-0.4, -0.2) is 20.1 Å². The molecule has 0 saturated carbocycles. The van der Waals surface area contributed by atoms with Crippen LogP contribution in [-0.2, 0) is 12.8 Å². The fraction of sp³-hybridized carbons (Fsp3) is 0.333. The normalized spacial score (nSPS) is 17.2. The Hall–Kier alpha value is -1.67. The van der Waals surface area contributed by atoms with Crippen molar-refractivity contribution in [2.45, 2.75) is 25.3 Å². The van der Waals surface area contributed by atoms with Crippen molar-refractivity contribution in [3.8, 4) is 0 Å². The first-order chi connectivity index (χ1) is 10.1. The van der Waals surface area contributed by atoms with Crippen LogP contribution in [0.2, 0.25) is 5.02 Å². The molecule has 3 heteroatoms. The molecule has 1 aliphatic rings. The molecule has 3 rings (SSSR count). The van der Waals surface area contributed by atoms with Crippen LogP contribution in [0.25, 0.3) is 0 Å². The summed E-state index contributed by atoms with van der Waals surface area (Å²) in [4.78, 5) is 2.07. The summed E-state index contributed by atoms with van der Waals surface area (Å²) in [5.74, 6) is 0. The summed E-state index contributed by atoms with van der Waals surface area (Å²) in [6.45, 7) is 0. The molecule has 1 aliphatic carbocycles. The molecule has 1 atom stereocenters. The third kappa shape index (κ3) is 3.01. The average molecular weight is 301 g/mol. The molecule has 0 bridgehead atoms. The third-order valence-electron chi connectivity index (χ3n) is 4.14. The first-order valence-electron chi connectivity index (χ1n) is 7.44. The molecule has 0 aliphatic heterocycles. The van der Waals surface area contributed by atoms with Gasteiger partial charge in [0.2, 0.25) is 0 Å². The van der Waals surface area contributed by atoms with E-state index in [9.17, 15) is 0 Å². The molecule has 1 unspecified atom stereocenters. The van der Waals surface area contributed by atoms with Crippen molar-refractivity contribution in [1.29, 1.82) is 0 Å². The van der Waals surface area contributed by atoms with Crippen molar-refractivity contribution in [2.24, 2.45) is 0 Å². The number of anilines is 2. The average Bonchev–Trinajstić information content (AvgIpc) is 2.47. The summed E-state index contributed by atoms with van der Waals surface area (Å²) in [5.41, 5.74) is 5.15. The Kier molecular flexibility index (Phi) is 4.07. The Bertz CT molecular complexity index is 637. The molecule has 0 radical (unpaired) electrons. The van der Waals surface area contributed by atoms with Gasteiger partial charge in [-0.15, -0.1) is 0 Å². The zero-order chi connectivity index (χ0) is 14.8. The summed E-state index contributed by atoms with van der Waals surface area (Å²) >= 11 is 6.34. The number of rotatable bonds is 3. The number of hydrogen-bond acceptors (Lipinski definition) is 2. The molecule has 0 spiro atoms. The number of halogens is 1. The maximum absolute atomic E-state index is 6.34. The Balaban J connectivity index is 1.81. The van der Waals surface area contributed by atoms with E-state index in [1.807, 2.05) is 26.2 Å². The van der Waals surface area contributed by atoms with E-state index in [1.165, 1.54) is 11.1 Å². The van der Waals surface area contributed by atoms with Gasteiger partial charge in [0.1, 0.15) is 0 Å². The van der Waals surface area contributed by atoms with Crippen LogP contribution >= 0.6 is 11.6 Å². The Morgan fingerprint density at radius 1 is 1.05 bits per heavy atom. The third-order valence-corrected chi connectivity index (χ3v) is 4.45. The van der Waals surface area contributed by atoms with E-state index in [0.717, 1.165) is 35.7 Å². The molecule has 2 aromatic carbocycles. The van der Waals surface area contributed by atoms with Crippen molar-refractivity contribution in [2.75, 3.05) is 24.3 Å². The van der Waals surface area contributed by atoms with E-state index >= 15 is 0 Å². The van der Waals surface area contributed by atoms with Crippen molar-refractivity contribution in [3.05, 3.63) is 58.6 Å². The van der Waals surface area contributed by atoms with Crippen LogP contribution in [0.1, 0.15) is 17.5 Å². The molecule has 2 nitrogen and oxygen atoms in total. The van der Waals surface area contributed by atoms with Gasteiger partial charge in [0.15, 0.2) is 0 Å². The van der Waals surface area contributed by atoms with E-state index in [1.54, 1.807) is 0 Å². The molecular weight excluding hydrogens is 280 g/mol. The van der Waals surface area contributed by atoms with Gasteiger partial charge in [-0.25, -0.2) is 0 Å². The number of fused-ring (bicyclic) bond motifs is 1. The first kappa shape index (κ1) is 14.3. The lowest BCUT2D eigenvalue weighted by Crippen LogP contribution is -2.28. The van der Waals surface area contributed by atoms with Gasteiger partial charge >= 0.3 is 0 Å². The second-order valence-corrected chi connectivity index (χ2v) is 6.29. The smallest absolute Gasteiger partial charge is 0.0786 e. The van der Waals surface area contributed by atoms with E-state index < -0.39 is 0 Å². The van der Waals surface area contributed by atoms with E-state index in [2.05, 4.69) is 40.5 Å². The second kappa shape index (κ2) is 5.98. The predicted octanol–water partition coefficient (Wildman–Crippen LogP) is 4.38. The zero-order valence-corrected chi connectivity index (χ0v) is 13.3. The number of aryl methyl sites for hydroxylation is 1. The minimum Gasteiger partial charge on any atom is -0.380 e. The minimum absolute atomic E-state index is 0.470. The molecule has 2 aromatic rings. The lowest BCUT2D eigenvalue weighted by molar-refractivity contribution is 0.611. The van der Waals surface area contributed by atoms with Crippen LogP contribution in [0.15, 0.2) is 42.5 Å². The molecule has 1 N–H and O–H groups in total. The van der Waals surface area contributed by atoms with Gasteiger partial charge in [0, 0.05) is 20.1 Å². The molecular formula is C18H21ClN2. The van der Waals surface area contributed by atoms with Crippen LogP contribution in [0.5, 0.6) is 0 Å². The standard InChI is InChI=1S/C18H21ClN2/c1-21(2)18-16(19)8-5-9-17(18)20-15-11-10-13-6-3-4-7-14(13)12-15/h3-9,15,20H,10-12H2,1-2H3. The van der Waals surface area contributed by atoms with Gasteiger partial charge < -0.3 is 10.2 Å². The predicted molar refractivity (Wildman–Crippen MR) is 91.7 cm³/mol. The number of nitrogens with one attached hydrogen (secondary N) is 1. The van der Waals surface area contributed by atoms with Gasteiger partial charge in [-0.1, -0.05) is 41.9 Å². The number of hydrogen-bond donors (Lipinski definition) is 1. The Morgan fingerprint density at radius 3 is 2.57 bits per heavy atom. The largest absolute Gasteiger partial charge is 0.380 e. The van der Waals surface area contributed by atoms with Crippen molar-refractivity contribution in [1.82, 2.24) is 0 Å². The van der Waals surface area contributed by atoms with Crippen molar-refractivity contribution >= 4 is 23.0 Å². The van der Waals surface area contributed by atoms with Gasteiger partial charge in [0.05, 0.1) is 16.4 Å². The maximum Gasteiger partial charge on any atom is 0.0786 e. The monoisotopic (exact) mass is 300 g/mol. The summed E-state index contributed by atoms with van der Waals surface area (Å²) in [6.07, 6.45) is 3.39. The van der Waals surface area contributed by atoms with Gasteiger partial charge in [-0.05, 0) is 42.5 Å². The number of para-hydroxylation sites is 1. The SMILES string of the molecule is CN(C)c1c(Cl)cccc1NC1CCc2ccccc2C1. The highest BCUT2D eigenvalue weighted by molar-refractivity contribution is 6.34. The molecule has 0 saturated heterocycles. The highest BCUT2D eigenvalue weighted by Crippen LogP contribution is 2.34. The van der Waals surface area contributed by atoms with Crippen LogP contribution in [0, 0.1) is 0 Å². The van der Waals surface area contributed by atoms with Gasteiger partial charge in [-0.3, -0.25) is 0 Å². The Morgan fingerprint density at radius 2 is 1.81 bits per heavy atom. The van der Waals surface area contributed by atoms with E-state index in [4.69, 9.17) is 11.6 Å². The van der Waals surface area contributed by atoms with E-state index in [-0.39, 0.29) is 0 Å². The summed E-state index contributed by atoms with van der Waals surface area (Å²) in [7, 11) is 4.06. The molecule has 0 heterocycles.